The maximum Gasteiger partial charge on any atom is 0.300 e. The summed E-state index contributed by atoms with van der Waals surface area (Å²) in [5, 5.41) is 14.4. The van der Waals surface area contributed by atoms with E-state index >= 15 is 0 Å². The Bertz CT molecular complexity index is 127. The summed E-state index contributed by atoms with van der Waals surface area (Å²) >= 11 is 0. The second kappa shape index (κ2) is 10.5. The number of aliphatic hydroxyl groups excluding tert-OH is 1. The van der Waals surface area contributed by atoms with Crippen molar-refractivity contribution >= 4 is 5.97 Å². The van der Waals surface area contributed by atoms with Crippen LogP contribution in [0.15, 0.2) is 0 Å². The van der Waals surface area contributed by atoms with Crippen molar-refractivity contribution in [1.29, 1.82) is 0 Å². The molecule has 0 aromatic rings. The van der Waals surface area contributed by atoms with Gasteiger partial charge in [-0.1, -0.05) is 0 Å². The van der Waals surface area contributed by atoms with Gasteiger partial charge in [0.05, 0.1) is 0 Å². The molecule has 0 aliphatic carbocycles. The molecule has 0 amide bonds. The van der Waals surface area contributed by atoms with Crippen LogP contribution in [0.4, 0.5) is 0 Å². The zero-order valence-electron chi connectivity index (χ0n) is 9.66. The van der Waals surface area contributed by atoms with Crippen molar-refractivity contribution in [1.82, 2.24) is 4.90 Å². The highest BCUT2D eigenvalue weighted by Gasteiger charge is 2.13. The lowest BCUT2D eigenvalue weighted by Gasteiger charge is -2.18. The van der Waals surface area contributed by atoms with Crippen molar-refractivity contribution in [2.24, 2.45) is 0 Å². The Morgan fingerprint density at radius 2 is 1.50 bits per heavy atom. The first-order valence-electron chi connectivity index (χ1n) is 4.92. The van der Waals surface area contributed by atoms with Gasteiger partial charge < -0.3 is 15.1 Å². The van der Waals surface area contributed by atoms with E-state index in [9.17, 15) is 0 Å². The molecule has 0 saturated carbocycles. The number of rotatable bonds is 1. The zero-order valence-corrected chi connectivity index (χ0v) is 9.66. The number of hydrogen-bond donors (Lipinski definition) is 2. The first-order valence-corrected chi connectivity index (χ1v) is 4.92. The highest BCUT2D eigenvalue weighted by atomic mass is 16.4. The van der Waals surface area contributed by atoms with E-state index in [2.05, 4.69) is 18.7 Å². The molecule has 0 radical (unpaired) electrons. The number of carbonyl (C=O) groups is 1. The summed E-state index contributed by atoms with van der Waals surface area (Å²) in [7, 11) is 1.00. The van der Waals surface area contributed by atoms with Crippen LogP contribution in [-0.2, 0) is 4.79 Å². The number of carboxylic acid groups (broad SMARTS) is 1. The number of carboxylic acids is 1. The molecule has 0 bridgehead atoms. The molecule has 4 heteroatoms. The van der Waals surface area contributed by atoms with E-state index in [4.69, 9.17) is 15.0 Å². The molecule has 0 unspecified atom stereocenters. The van der Waals surface area contributed by atoms with Crippen LogP contribution in [0.5, 0.6) is 0 Å². The third-order valence-electron chi connectivity index (χ3n) is 1.87. The van der Waals surface area contributed by atoms with Gasteiger partial charge >= 0.3 is 0 Å². The monoisotopic (exact) mass is 205 g/mol. The van der Waals surface area contributed by atoms with Crippen molar-refractivity contribution in [3.8, 4) is 0 Å². The Hall–Kier alpha value is -0.610. The first-order chi connectivity index (χ1) is 6.54. The topological polar surface area (TPSA) is 60.8 Å². The normalized spacial score (nSPS) is 15.3. The summed E-state index contributed by atoms with van der Waals surface area (Å²) in [6.07, 6.45) is 2.83. The summed E-state index contributed by atoms with van der Waals surface area (Å²) < 4.78 is 0. The quantitative estimate of drug-likeness (QED) is 0.675. The van der Waals surface area contributed by atoms with Gasteiger partial charge in [-0.3, -0.25) is 4.79 Å². The molecule has 1 aliphatic heterocycles. The van der Waals surface area contributed by atoms with Gasteiger partial charge in [-0.25, -0.2) is 0 Å². The van der Waals surface area contributed by atoms with Gasteiger partial charge in [0.15, 0.2) is 0 Å². The maximum absolute atomic E-state index is 9.00. The number of aliphatic hydroxyl groups is 1. The number of nitrogens with zero attached hydrogens (tertiary/aromatic N) is 1. The number of aliphatic carboxylic acids is 1. The van der Waals surface area contributed by atoms with Crippen LogP contribution < -0.4 is 0 Å². The molecule has 1 aliphatic rings. The van der Waals surface area contributed by atoms with Gasteiger partial charge in [0.2, 0.25) is 0 Å². The predicted molar refractivity (Wildman–Crippen MR) is 57.4 cm³/mol. The fraction of sp³-hybridized carbons (Fsp3) is 0.900. The maximum atomic E-state index is 9.00. The summed E-state index contributed by atoms with van der Waals surface area (Å²) in [5.74, 6) is -0.833. The summed E-state index contributed by atoms with van der Waals surface area (Å²) in [6, 6.07) is 0.775. The van der Waals surface area contributed by atoms with Crippen molar-refractivity contribution in [2.75, 3.05) is 20.2 Å². The fourth-order valence-corrected chi connectivity index (χ4v) is 1.26. The third kappa shape index (κ3) is 11.4. The smallest absolute Gasteiger partial charge is 0.300 e. The Kier molecular flexibility index (Phi) is 11.9. The average Bonchev–Trinajstić information content (AvgIpc) is 2.58. The molecule has 0 aromatic carbocycles. The summed E-state index contributed by atoms with van der Waals surface area (Å²) in [5.41, 5.74) is 0. The van der Waals surface area contributed by atoms with E-state index in [0.717, 1.165) is 20.1 Å². The van der Waals surface area contributed by atoms with E-state index in [-0.39, 0.29) is 0 Å². The van der Waals surface area contributed by atoms with Crippen LogP contribution in [0.1, 0.15) is 33.6 Å². The Morgan fingerprint density at radius 1 is 1.21 bits per heavy atom. The second-order valence-corrected chi connectivity index (χ2v) is 3.36. The highest BCUT2D eigenvalue weighted by molar-refractivity contribution is 5.62. The molecule has 14 heavy (non-hydrogen) atoms. The minimum atomic E-state index is -0.833. The highest BCUT2D eigenvalue weighted by Crippen LogP contribution is 2.09. The van der Waals surface area contributed by atoms with Gasteiger partial charge in [-0.05, 0) is 39.8 Å². The number of likely N-dealkylation sites (tertiary alicyclic amines) is 1. The minimum Gasteiger partial charge on any atom is -0.481 e. The molecular weight excluding hydrogens is 182 g/mol. The molecule has 0 aromatic heterocycles. The van der Waals surface area contributed by atoms with Crippen LogP contribution >= 0.6 is 0 Å². The lowest BCUT2D eigenvalue weighted by atomic mass is 10.3. The first kappa shape index (κ1) is 15.8. The van der Waals surface area contributed by atoms with Crippen molar-refractivity contribution in [2.45, 2.75) is 39.7 Å². The molecule has 0 atom stereocenters. The van der Waals surface area contributed by atoms with Crippen molar-refractivity contribution in [3.63, 3.8) is 0 Å². The molecular formula is C10H23NO3. The molecule has 86 valence electrons. The molecule has 0 spiro atoms. The number of hydrogen-bond acceptors (Lipinski definition) is 3. The largest absolute Gasteiger partial charge is 0.481 e. The Morgan fingerprint density at radius 3 is 1.64 bits per heavy atom. The van der Waals surface area contributed by atoms with Crippen LogP contribution in [0.2, 0.25) is 0 Å². The molecule has 1 saturated heterocycles. The minimum absolute atomic E-state index is 0.775. The van der Waals surface area contributed by atoms with Gasteiger partial charge in [0.25, 0.3) is 5.97 Å². The van der Waals surface area contributed by atoms with Crippen LogP contribution in [0, 0.1) is 0 Å². The van der Waals surface area contributed by atoms with Crippen molar-refractivity contribution in [3.05, 3.63) is 0 Å². The van der Waals surface area contributed by atoms with Gasteiger partial charge in [0, 0.05) is 20.1 Å². The molecule has 1 fully saturated rings. The lowest BCUT2D eigenvalue weighted by molar-refractivity contribution is -0.134. The molecule has 4 nitrogen and oxygen atoms in total. The van der Waals surface area contributed by atoms with Gasteiger partial charge in [-0.2, -0.15) is 0 Å². The van der Waals surface area contributed by atoms with E-state index in [0.29, 0.717) is 0 Å². The molecule has 1 heterocycles. The van der Waals surface area contributed by atoms with Crippen LogP contribution in [0.25, 0.3) is 0 Å². The van der Waals surface area contributed by atoms with Crippen LogP contribution in [-0.4, -0.2) is 47.3 Å². The average molecular weight is 205 g/mol. The third-order valence-corrected chi connectivity index (χ3v) is 1.87. The lowest BCUT2D eigenvalue weighted by Crippen LogP contribution is -2.26. The fourth-order valence-electron chi connectivity index (χ4n) is 1.26. The van der Waals surface area contributed by atoms with Gasteiger partial charge in [-0.15, -0.1) is 0 Å². The molecule has 1 rings (SSSR count). The summed E-state index contributed by atoms with van der Waals surface area (Å²) in [6.45, 7) is 8.28. The van der Waals surface area contributed by atoms with Crippen molar-refractivity contribution < 1.29 is 15.0 Å². The predicted octanol–water partition coefficient (Wildman–Crippen LogP) is 1.19. The standard InChI is InChI=1S/C7H15N.C2H4O2.CH4O/c1-7(2)8-5-3-4-6-8;1-2(3)4;1-2/h7H,3-6H2,1-2H3;1H3,(H,3,4);2H,1H3. The van der Waals surface area contributed by atoms with Crippen LogP contribution in [0.3, 0.4) is 0 Å². The summed E-state index contributed by atoms with van der Waals surface area (Å²) in [4.78, 5) is 11.5. The van der Waals surface area contributed by atoms with E-state index < -0.39 is 5.97 Å². The second-order valence-electron chi connectivity index (χ2n) is 3.36. The van der Waals surface area contributed by atoms with E-state index in [1.165, 1.54) is 25.9 Å². The Balaban J connectivity index is 0. The molecule has 2 N–H and O–H groups in total. The van der Waals surface area contributed by atoms with Gasteiger partial charge in [0.1, 0.15) is 0 Å². The SMILES string of the molecule is CC(=O)O.CC(C)N1CCCC1.CO. The van der Waals surface area contributed by atoms with E-state index in [1.54, 1.807) is 0 Å². The Labute approximate surface area is 86.5 Å². The van der Waals surface area contributed by atoms with E-state index in [1.807, 2.05) is 0 Å². The zero-order chi connectivity index (χ0) is 11.6.